The van der Waals surface area contributed by atoms with Gasteiger partial charge < -0.3 is 9.30 Å². The lowest BCUT2D eigenvalue weighted by molar-refractivity contribution is 0.412. The zero-order valence-corrected chi connectivity index (χ0v) is 16.6. The molecule has 0 radical (unpaired) electrons. The van der Waals surface area contributed by atoms with E-state index in [9.17, 15) is 9.59 Å². The maximum atomic E-state index is 13.1. The molecule has 0 N–H and O–H groups in total. The van der Waals surface area contributed by atoms with Crippen LogP contribution in [0.4, 0.5) is 0 Å². The van der Waals surface area contributed by atoms with Crippen LogP contribution in [-0.2, 0) is 13.1 Å². The van der Waals surface area contributed by atoms with Crippen molar-refractivity contribution in [2.24, 2.45) is 0 Å². The SMILES string of the molecule is CCn1c(=O)c2c(ncn2Cc2ccc(C)cc2)n(-c2ccccc2OC)c1=O. The minimum Gasteiger partial charge on any atom is -0.495 e. The molecule has 7 nitrogen and oxygen atoms in total. The van der Waals surface area contributed by atoms with Gasteiger partial charge in [0.15, 0.2) is 11.2 Å². The first-order chi connectivity index (χ1) is 14.0. The van der Waals surface area contributed by atoms with Gasteiger partial charge in [-0.1, -0.05) is 42.0 Å². The van der Waals surface area contributed by atoms with Crippen LogP contribution < -0.4 is 16.0 Å². The lowest BCUT2D eigenvalue weighted by atomic mass is 10.1. The van der Waals surface area contributed by atoms with E-state index in [1.54, 1.807) is 37.1 Å². The molecule has 0 atom stereocenters. The second-order valence-electron chi connectivity index (χ2n) is 6.87. The molecule has 0 amide bonds. The number of aromatic nitrogens is 4. The Morgan fingerprint density at radius 3 is 2.45 bits per heavy atom. The lowest BCUT2D eigenvalue weighted by Gasteiger charge is -2.14. The van der Waals surface area contributed by atoms with Crippen molar-refractivity contribution in [3.05, 3.63) is 86.8 Å². The number of para-hydroxylation sites is 2. The van der Waals surface area contributed by atoms with Crippen LogP contribution in [-0.4, -0.2) is 25.8 Å². The van der Waals surface area contributed by atoms with Gasteiger partial charge in [-0.25, -0.2) is 14.3 Å². The molecule has 2 aromatic carbocycles. The molecule has 148 valence electrons. The van der Waals surface area contributed by atoms with Gasteiger partial charge in [0.25, 0.3) is 5.56 Å². The Hall–Kier alpha value is -3.61. The fraction of sp³-hybridized carbons (Fsp3) is 0.227. The molecule has 4 aromatic rings. The molecule has 0 aliphatic heterocycles. The summed E-state index contributed by atoms with van der Waals surface area (Å²) in [5.41, 5.74) is 2.69. The van der Waals surface area contributed by atoms with Gasteiger partial charge in [-0.3, -0.25) is 9.36 Å². The fourth-order valence-electron chi connectivity index (χ4n) is 3.50. The third-order valence-electron chi connectivity index (χ3n) is 5.02. The molecule has 2 heterocycles. The second-order valence-corrected chi connectivity index (χ2v) is 6.87. The zero-order chi connectivity index (χ0) is 20.5. The number of hydrogen-bond donors (Lipinski definition) is 0. The minimum atomic E-state index is -0.435. The number of benzene rings is 2. The van der Waals surface area contributed by atoms with E-state index in [0.717, 1.165) is 5.56 Å². The highest BCUT2D eigenvalue weighted by Crippen LogP contribution is 2.23. The molecule has 0 saturated carbocycles. The van der Waals surface area contributed by atoms with Gasteiger partial charge in [0.2, 0.25) is 0 Å². The predicted octanol–water partition coefficient (Wildman–Crippen LogP) is 2.73. The number of fused-ring (bicyclic) bond motifs is 1. The normalized spacial score (nSPS) is 11.1. The maximum absolute atomic E-state index is 13.1. The maximum Gasteiger partial charge on any atom is 0.337 e. The topological polar surface area (TPSA) is 71.1 Å². The Bertz CT molecular complexity index is 1300. The standard InChI is InChI=1S/C22H22N4O3/c1-4-25-21(27)19-20(23-14-24(19)13-16-11-9-15(2)10-12-16)26(22(25)28)17-7-5-6-8-18(17)29-3/h5-12,14H,4,13H2,1-3H3. The Kier molecular flexibility index (Phi) is 4.80. The Morgan fingerprint density at radius 1 is 1.03 bits per heavy atom. The van der Waals surface area contributed by atoms with Crippen molar-refractivity contribution in [2.75, 3.05) is 7.11 Å². The van der Waals surface area contributed by atoms with Gasteiger partial charge in [0.1, 0.15) is 5.75 Å². The van der Waals surface area contributed by atoms with E-state index in [1.807, 2.05) is 43.3 Å². The number of methoxy groups -OCH3 is 1. The highest BCUT2D eigenvalue weighted by Gasteiger charge is 2.20. The number of imidazole rings is 1. The third-order valence-corrected chi connectivity index (χ3v) is 5.02. The molecule has 29 heavy (non-hydrogen) atoms. The van der Waals surface area contributed by atoms with E-state index < -0.39 is 5.69 Å². The Balaban J connectivity index is 2.00. The van der Waals surface area contributed by atoms with Gasteiger partial charge in [-0.2, -0.15) is 0 Å². The number of hydrogen-bond acceptors (Lipinski definition) is 4. The summed E-state index contributed by atoms with van der Waals surface area (Å²) >= 11 is 0. The van der Waals surface area contributed by atoms with Crippen LogP contribution in [0.15, 0.2) is 64.4 Å². The fourth-order valence-corrected chi connectivity index (χ4v) is 3.50. The molecular formula is C22H22N4O3. The molecular weight excluding hydrogens is 368 g/mol. The van der Waals surface area contributed by atoms with Crippen molar-refractivity contribution < 1.29 is 4.74 Å². The summed E-state index contributed by atoms with van der Waals surface area (Å²) in [4.78, 5) is 30.7. The largest absolute Gasteiger partial charge is 0.495 e. The first kappa shape index (κ1) is 18.7. The molecule has 4 rings (SSSR count). The molecule has 0 fully saturated rings. The van der Waals surface area contributed by atoms with Crippen molar-refractivity contribution in [2.45, 2.75) is 26.9 Å². The summed E-state index contributed by atoms with van der Waals surface area (Å²) in [5.74, 6) is 0.533. The first-order valence-corrected chi connectivity index (χ1v) is 9.44. The smallest absolute Gasteiger partial charge is 0.337 e. The van der Waals surface area contributed by atoms with Gasteiger partial charge >= 0.3 is 5.69 Å². The molecule has 0 unspecified atom stereocenters. The summed E-state index contributed by atoms with van der Waals surface area (Å²) < 4.78 is 9.90. The van der Waals surface area contributed by atoms with Crippen LogP contribution in [0.5, 0.6) is 5.75 Å². The van der Waals surface area contributed by atoms with E-state index in [-0.39, 0.29) is 12.1 Å². The van der Waals surface area contributed by atoms with Gasteiger partial charge in [0, 0.05) is 13.1 Å². The third kappa shape index (κ3) is 3.14. The summed E-state index contributed by atoms with van der Waals surface area (Å²) in [5, 5.41) is 0. The quantitative estimate of drug-likeness (QED) is 0.525. The summed E-state index contributed by atoms with van der Waals surface area (Å²) in [6.45, 7) is 4.56. The summed E-state index contributed by atoms with van der Waals surface area (Å²) in [6, 6.07) is 15.3. The van der Waals surface area contributed by atoms with E-state index in [0.29, 0.717) is 29.1 Å². The van der Waals surface area contributed by atoms with E-state index >= 15 is 0 Å². The summed E-state index contributed by atoms with van der Waals surface area (Å²) in [7, 11) is 1.55. The first-order valence-electron chi connectivity index (χ1n) is 9.44. The Morgan fingerprint density at radius 2 is 1.76 bits per heavy atom. The van der Waals surface area contributed by atoms with Crippen LogP contribution >= 0.6 is 0 Å². The summed E-state index contributed by atoms with van der Waals surface area (Å²) in [6.07, 6.45) is 1.61. The van der Waals surface area contributed by atoms with Gasteiger partial charge in [0.05, 0.1) is 19.1 Å². The molecule has 0 spiro atoms. The highest BCUT2D eigenvalue weighted by atomic mass is 16.5. The Labute approximate surface area is 167 Å². The number of ether oxygens (including phenoxy) is 1. The van der Waals surface area contributed by atoms with E-state index in [4.69, 9.17) is 4.74 Å². The predicted molar refractivity (Wildman–Crippen MR) is 112 cm³/mol. The number of aryl methyl sites for hydroxylation is 1. The second kappa shape index (κ2) is 7.43. The van der Waals surface area contributed by atoms with E-state index in [1.165, 1.54) is 14.7 Å². The minimum absolute atomic E-state index is 0.262. The molecule has 0 saturated heterocycles. The van der Waals surface area contributed by atoms with Crippen LogP contribution in [0.1, 0.15) is 18.1 Å². The van der Waals surface area contributed by atoms with Gasteiger partial charge in [-0.05, 0) is 31.5 Å². The van der Waals surface area contributed by atoms with Crippen molar-refractivity contribution in [1.29, 1.82) is 0 Å². The highest BCUT2D eigenvalue weighted by molar-refractivity contribution is 5.73. The van der Waals surface area contributed by atoms with Crippen molar-refractivity contribution in [3.8, 4) is 11.4 Å². The molecule has 2 aromatic heterocycles. The molecule has 7 heteroatoms. The molecule has 0 bridgehead atoms. The van der Waals surface area contributed by atoms with Crippen molar-refractivity contribution in [1.82, 2.24) is 18.7 Å². The van der Waals surface area contributed by atoms with Crippen LogP contribution in [0.3, 0.4) is 0 Å². The van der Waals surface area contributed by atoms with Crippen molar-refractivity contribution in [3.63, 3.8) is 0 Å². The van der Waals surface area contributed by atoms with Crippen molar-refractivity contribution >= 4 is 11.2 Å². The lowest BCUT2D eigenvalue weighted by Crippen LogP contribution is -2.39. The molecule has 0 aliphatic carbocycles. The zero-order valence-electron chi connectivity index (χ0n) is 16.6. The van der Waals surface area contributed by atoms with Crippen LogP contribution in [0, 0.1) is 6.92 Å². The van der Waals surface area contributed by atoms with Crippen LogP contribution in [0.2, 0.25) is 0 Å². The number of rotatable bonds is 5. The monoisotopic (exact) mass is 390 g/mol. The number of nitrogens with zero attached hydrogens (tertiary/aromatic N) is 4. The van der Waals surface area contributed by atoms with Gasteiger partial charge in [-0.15, -0.1) is 0 Å². The average molecular weight is 390 g/mol. The molecule has 0 aliphatic rings. The van der Waals surface area contributed by atoms with Crippen LogP contribution in [0.25, 0.3) is 16.9 Å². The van der Waals surface area contributed by atoms with E-state index in [2.05, 4.69) is 4.98 Å². The average Bonchev–Trinajstić information content (AvgIpc) is 3.14.